The van der Waals surface area contributed by atoms with Crippen molar-refractivity contribution in [1.82, 2.24) is 15.3 Å². The maximum atomic E-state index is 5.65. The van der Waals surface area contributed by atoms with E-state index in [9.17, 15) is 0 Å². The Morgan fingerprint density at radius 3 is 2.86 bits per heavy atom. The molecular weight excluding hydrogens is 264 g/mol. The van der Waals surface area contributed by atoms with Gasteiger partial charge in [-0.05, 0) is 39.2 Å². The van der Waals surface area contributed by atoms with Gasteiger partial charge in [0.1, 0.15) is 0 Å². The van der Waals surface area contributed by atoms with Gasteiger partial charge in [-0.15, -0.1) is 0 Å². The van der Waals surface area contributed by atoms with Crippen molar-refractivity contribution in [3.05, 3.63) is 12.4 Å². The lowest BCUT2D eigenvalue weighted by molar-refractivity contribution is 0.231. The monoisotopic (exact) mass is 292 g/mol. The maximum absolute atomic E-state index is 5.65. The molecule has 1 aliphatic heterocycles. The third-order valence-electron chi connectivity index (χ3n) is 3.56. The lowest BCUT2D eigenvalue weighted by Crippen LogP contribution is -2.39. The highest BCUT2D eigenvalue weighted by Crippen LogP contribution is 2.24. The van der Waals surface area contributed by atoms with Gasteiger partial charge in [-0.25, -0.2) is 0 Å². The van der Waals surface area contributed by atoms with E-state index in [2.05, 4.69) is 34.0 Å². The lowest BCUT2D eigenvalue weighted by Gasteiger charge is -2.26. The second-order valence-electron chi connectivity index (χ2n) is 6.42. The quantitative estimate of drug-likeness (QED) is 0.836. The van der Waals surface area contributed by atoms with Crippen LogP contribution >= 0.6 is 0 Å². The molecule has 1 aromatic heterocycles. The number of rotatable bonds is 7. The van der Waals surface area contributed by atoms with Crippen molar-refractivity contribution in [2.24, 2.45) is 5.92 Å². The van der Waals surface area contributed by atoms with Gasteiger partial charge in [0.15, 0.2) is 5.82 Å². The van der Waals surface area contributed by atoms with E-state index in [4.69, 9.17) is 4.74 Å². The molecule has 0 bridgehead atoms. The topological polar surface area (TPSA) is 50.3 Å². The molecule has 5 nitrogen and oxygen atoms in total. The second-order valence-corrected chi connectivity index (χ2v) is 6.42. The Hall–Kier alpha value is -1.36. The zero-order valence-electron chi connectivity index (χ0n) is 13.7. The summed E-state index contributed by atoms with van der Waals surface area (Å²) in [5.41, 5.74) is 0. The van der Waals surface area contributed by atoms with Crippen LogP contribution in [0.4, 0.5) is 5.82 Å². The number of nitrogens with zero attached hydrogens (tertiary/aromatic N) is 3. The summed E-state index contributed by atoms with van der Waals surface area (Å²) in [4.78, 5) is 11.2. The third-order valence-corrected chi connectivity index (χ3v) is 3.56. The molecular formula is C16H28N4O. The summed E-state index contributed by atoms with van der Waals surface area (Å²) >= 11 is 0. The number of nitrogens with one attached hydrogen (secondary N) is 1. The summed E-state index contributed by atoms with van der Waals surface area (Å²) in [5.74, 6) is 2.23. The van der Waals surface area contributed by atoms with Crippen LogP contribution in [0.2, 0.25) is 0 Å². The van der Waals surface area contributed by atoms with Crippen LogP contribution in [-0.4, -0.2) is 41.7 Å². The molecule has 1 aromatic rings. The van der Waals surface area contributed by atoms with Crippen molar-refractivity contribution in [2.75, 3.05) is 24.5 Å². The molecule has 2 rings (SSSR count). The van der Waals surface area contributed by atoms with Gasteiger partial charge in [-0.3, -0.25) is 4.98 Å². The van der Waals surface area contributed by atoms with E-state index in [-0.39, 0.29) is 6.10 Å². The summed E-state index contributed by atoms with van der Waals surface area (Å²) < 4.78 is 5.65. The van der Waals surface area contributed by atoms with Crippen molar-refractivity contribution >= 4 is 5.82 Å². The van der Waals surface area contributed by atoms with Crippen molar-refractivity contribution in [2.45, 2.75) is 52.7 Å². The van der Waals surface area contributed by atoms with Crippen LogP contribution in [0.25, 0.3) is 0 Å². The van der Waals surface area contributed by atoms with Crippen LogP contribution in [0.3, 0.4) is 0 Å². The highest BCUT2D eigenvalue weighted by atomic mass is 16.5. The van der Waals surface area contributed by atoms with Crippen molar-refractivity contribution in [1.29, 1.82) is 0 Å². The molecule has 118 valence electrons. The predicted octanol–water partition coefficient (Wildman–Crippen LogP) is 2.48. The molecule has 0 aromatic carbocycles. The minimum atomic E-state index is 0.122. The molecule has 1 atom stereocenters. The summed E-state index contributed by atoms with van der Waals surface area (Å²) in [5, 5.41) is 3.55. The molecule has 1 fully saturated rings. The van der Waals surface area contributed by atoms with E-state index in [0.717, 1.165) is 25.5 Å². The first kappa shape index (κ1) is 16.0. The van der Waals surface area contributed by atoms with Gasteiger partial charge < -0.3 is 15.0 Å². The van der Waals surface area contributed by atoms with Crippen LogP contribution in [-0.2, 0) is 0 Å². The van der Waals surface area contributed by atoms with Gasteiger partial charge >= 0.3 is 0 Å². The first-order valence-electron chi connectivity index (χ1n) is 8.02. The van der Waals surface area contributed by atoms with Crippen LogP contribution in [0.1, 0.15) is 40.5 Å². The van der Waals surface area contributed by atoms with E-state index in [1.165, 1.54) is 12.8 Å². The molecule has 1 aliphatic rings. The molecule has 1 N–H and O–H groups in total. The van der Waals surface area contributed by atoms with Gasteiger partial charge in [0.2, 0.25) is 5.88 Å². The number of hydrogen-bond donors (Lipinski definition) is 1. The van der Waals surface area contributed by atoms with Gasteiger partial charge in [-0.2, -0.15) is 4.98 Å². The number of hydrogen-bond acceptors (Lipinski definition) is 5. The zero-order chi connectivity index (χ0) is 15.2. The van der Waals surface area contributed by atoms with Gasteiger partial charge in [-0.1, -0.05) is 13.8 Å². The van der Waals surface area contributed by atoms with Gasteiger partial charge in [0.05, 0.1) is 18.5 Å². The van der Waals surface area contributed by atoms with Crippen molar-refractivity contribution in [3.8, 4) is 5.88 Å². The highest BCUT2D eigenvalue weighted by Gasteiger charge is 2.25. The van der Waals surface area contributed by atoms with Crippen LogP contribution in [0.15, 0.2) is 12.4 Å². The average molecular weight is 292 g/mol. The van der Waals surface area contributed by atoms with E-state index in [1.807, 2.05) is 20.0 Å². The van der Waals surface area contributed by atoms with Gasteiger partial charge in [0, 0.05) is 19.1 Å². The lowest BCUT2D eigenvalue weighted by atomic mass is 10.2. The SMILES string of the molecule is CC(C)CNCC1CCCN1c1cncc(OC(C)C)n1. The number of anilines is 1. The summed E-state index contributed by atoms with van der Waals surface area (Å²) in [6.07, 6.45) is 6.07. The molecule has 1 saturated heterocycles. The largest absolute Gasteiger partial charge is 0.474 e. The van der Waals surface area contributed by atoms with Crippen LogP contribution in [0.5, 0.6) is 5.88 Å². The minimum Gasteiger partial charge on any atom is -0.474 e. The number of aromatic nitrogens is 2. The first-order valence-corrected chi connectivity index (χ1v) is 8.02. The Bertz CT molecular complexity index is 436. The predicted molar refractivity (Wildman–Crippen MR) is 85.9 cm³/mol. The molecule has 0 aliphatic carbocycles. The first-order chi connectivity index (χ1) is 10.1. The molecule has 0 spiro atoms. The Morgan fingerprint density at radius 2 is 2.14 bits per heavy atom. The molecule has 0 amide bonds. The summed E-state index contributed by atoms with van der Waals surface area (Å²) in [6, 6.07) is 0.507. The standard InChI is InChI=1S/C16H28N4O/c1-12(2)8-17-9-14-6-5-7-20(14)15-10-18-11-16(19-15)21-13(3)4/h10-14,17H,5-9H2,1-4H3. The Labute approximate surface area is 128 Å². The third kappa shape index (κ3) is 4.84. The van der Waals surface area contributed by atoms with Crippen molar-refractivity contribution < 1.29 is 4.74 Å². The fraction of sp³-hybridized carbons (Fsp3) is 0.750. The van der Waals surface area contributed by atoms with Crippen LogP contribution in [0, 0.1) is 5.92 Å². The second kappa shape index (κ2) is 7.59. The van der Waals surface area contributed by atoms with Crippen LogP contribution < -0.4 is 15.0 Å². The number of ether oxygens (including phenoxy) is 1. The smallest absolute Gasteiger partial charge is 0.234 e. The summed E-state index contributed by atoms with van der Waals surface area (Å²) in [6.45, 7) is 11.6. The fourth-order valence-corrected chi connectivity index (χ4v) is 2.66. The molecule has 5 heteroatoms. The van der Waals surface area contributed by atoms with E-state index >= 15 is 0 Å². The fourth-order valence-electron chi connectivity index (χ4n) is 2.66. The van der Waals surface area contributed by atoms with E-state index < -0.39 is 0 Å². The minimum absolute atomic E-state index is 0.122. The molecule has 2 heterocycles. The Kier molecular flexibility index (Phi) is 5.79. The summed E-state index contributed by atoms with van der Waals surface area (Å²) in [7, 11) is 0. The Balaban J connectivity index is 1.98. The molecule has 1 unspecified atom stereocenters. The molecule has 21 heavy (non-hydrogen) atoms. The maximum Gasteiger partial charge on any atom is 0.234 e. The molecule has 0 radical (unpaired) electrons. The Morgan fingerprint density at radius 1 is 1.33 bits per heavy atom. The van der Waals surface area contributed by atoms with Crippen molar-refractivity contribution in [3.63, 3.8) is 0 Å². The van der Waals surface area contributed by atoms with E-state index in [1.54, 1.807) is 6.20 Å². The van der Waals surface area contributed by atoms with E-state index in [0.29, 0.717) is 17.8 Å². The molecule has 0 saturated carbocycles. The van der Waals surface area contributed by atoms with Gasteiger partial charge in [0.25, 0.3) is 0 Å². The average Bonchev–Trinajstić information content (AvgIpc) is 2.86. The highest BCUT2D eigenvalue weighted by molar-refractivity contribution is 5.40. The normalized spacial score (nSPS) is 18.8. The zero-order valence-corrected chi connectivity index (χ0v) is 13.7.